The van der Waals surface area contributed by atoms with Gasteiger partial charge in [0.15, 0.2) is 0 Å². The summed E-state index contributed by atoms with van der Waals surface area (Å²) in [7, 11) is 0. The second-order valence-corrected chi connectivity index (χ2v) is 15.4. The van der Waals surface area contributed by atoms with Crippen molar-refractivity contribution in [3.63, 3.8) is 0 Å². The van der Waals surface area contributed by atoms with Gasteiger partial charge in [-0.1, -0.05) is 64.4 Å². The number of hydrogen-bond donors (Lipinski definition) is 0. The second-order valence-electron chi connectivity index (χ2n) is 15.2. The average molecular weight is 515 g/mol. The molecule has 36 heavy (non-hydrogen) atoms. The van der Waals surface area contributed by atoms with Crippen molar-refractivity contribution in [3.8, 4) is 0 Å². The monoisotopic (exact) mass is 514 g/mol. The minimum Gasteiger partial charge on any atom is -0.462 e. The van der Waals surface area contributed by atoms with Gasteiger partial charge in [-0.25, -0.2) is 0 Å². The quantitative estimate of drug-likeness (QED) is 0.277. The fraction of sp³-hybridized carbons (Fsp3) is 0.848. The number of esters is 1. The van der Waals surface area contributed by atoms with Crippen LogP contribution in [-0.2, 0) is 9.53 Å². The van der Waals surface area contributed by atoms with E-state index in [1.165, 1.54) is 63.4 Å². The Balaban J connectivity index is 1.52. The average Bonchev–Trinajstić information content (AvgIpc) is 3.16. The second kappa shape index (κ2) is 8.62. The maximum atomic E-state index is 11.9. The van der Waals surface area contributed by atoms with E-state index in [4.69, 9.17) is 16.3 Å². The van der Waals surface area contributed by atoms with Crippen molar-refractivity contribution >= 4 is 17.6 Å². The first-order chi connectivity index (χ1) is 16.8. The van der Waals surface area contributed by atoms with Crippen LogP contribution in [0.2, 0.25) is 0 Å². The molecule has 0 heterocycles. The van der Waals surface area contributed by atoms with E-state index in [-0.39, 0.29) is 22.9 Å². The molecule has 10 atom stereocenters. The topological polar surface area (TPSA) is 26.3 Å². The van der Waals surface area contributed by atoms with Gasteiger partial charge in [-0.2, -0.15) is 0 Å². The largest absolute Gasteiger partial charge is 0.462 e. The summed E-state index contributed by atoms with van der Waals surface area (Å²) in [5, 5.41) is 0. The molecule has 5 aliphatic rings. The third-order valence-electron chi connectivity index (χ3n) is 13.8. The number of fused-ring (bicyclic) bond motifs is 7. The van der Waals surface area contributed by atoms with E-state index in [2.05, 4.69) is 54.2 Å². The highest BCUT2D eigenvalue weighted by Crippen LogP contribution is 2.77. The number of ether oxygens (including phenoxy) is 1. The molecule has 0 amide bonds. The van der Waals surface area contributed by atoms with E-state index in [0.29, 0.717) is 34.0 Å². The normalized spacial score (nSPS) is 51.6. The lowest BCUT2D eigenvalue weighted by atomic mass is 9.32. The summed E-state index contributed by atoms with van der Waals surface area (Å²) in [6, 6.07) is 0. The minimum atomic E-state index is -0.120. The zero-order chi connectivity index (χ0) is 26.3. The molecule has 3 heteroatoms. The Kier molecular flexibility index (Phi) is 6.43. The minimum absolute atomic E-state index is 0.0289. The van der Waals surface area contributed by atoms with Gasteiger partial charge in [0.1, 0.15) is 6.10 Å². The van der Waals surface area contributed by atoms with Gasteiger partial charge in [-0.05, 0) is 122 Å². The summed E-state index contributed by atoms with van der Waals surface area (Å²) >= 11 is 6.30. The van der Waals surface area contributed by atoms with Crippen LogP contribution in [0.5, 0.6) is 0 Å². The summed E-state index contributed by atoms with van der Waals surface area (Å²) < 4.78 is 5.92. The van der Waals surface area contributed by atoms with E-state index in [0.717, 1.165) is 18.3 Å². The lowest BCUT2D eigenvalue weighted by Crippen LogP contribution is -2.66. The molecule has 5 aliphatic carbocycles. The van der Waals surface area contributed by atoms with E-state index in [1.54, 1.807) is 6.92 Å². The Bertz CT molecular complexity index is 951. The van der Waals surface area contributed by atoms with Gasteiger partial charge >= 0.3 is 5.97 Å². The molecule has 0 N–H and O–H groups in total. The highest BCUT2D eigenvalue weighted by Gasteiger charge is 2.70. The molecule has 0 saturated heterocycles. The molecule has 0 aliphatic heterocycles. The van der Waals surface area contributed by atoms with E-state index in [1.807, 2.05) is 5.54 Å². The predicted molar refractivity (Wildman–Crippen MR) is 150 cm³/mol. The maximum absolute atomic E-state index is 11.9. The van der Waals surface area contributed by atoms with Crippen molar-refractivity contribution in [1.29, 1.82) is 0 Å². The number of halogens is 1. The van der Waals surface area contributed by atoms with Crippen LogP contribution in [-0.4, -0.2) is 12.1 Å². The number of rotatable bonds is 3. The summed E-state index contributed by atoms with van der Waals surface area (Å²) in [5.41, 5.74) is 4.54. The molecule has 0 aromatic rings. The van der Waals surface area contributed by atoms with Gasteiger partial charge in [0.05, 0.1) is 0 Å². The summed E-state index contributed by atoms with van der Waals surface area (Å²) in [5.74, 6) is 3.29. The SMILES string of the molecule is C=C(C)[C@@H]1CCC2(C=CCl)CC[C@]3(C)C(CCC4[C@@]5(C)CC[C@H](OC(C)=O)C(C)(C)C5CC[C@]43C)C12. The zero-order valence-corrected chi connectivity index (χ0v) is 24.8. The van der Waals surface area contributed by atoms with Crippen molar-refractivity contribution < 1.29 is 9.53 Å². The Morgan fingerprint density at radius 1 is 0.861 bits per heavy atom. The smallest absolute Gasteiger partial charge is 0.302 e. The number of carbonyl (C=O) groups excluding carboxylic acids is 1. The molecule has 0 spiro atoms. The third-order valence-corrected chi connectivity index (χ3v) is 13.9. The van der Waals surface area contributed by atoms with Crippen molar-refractivity contribution in [3.05, 3.63) is 23.8 Å². The van der Waals surface area contributed by atoms with Crippen LogP contribution >= 0.6 is 11.6 Å². The van der Waals surface area contributed by atoms with Crippen LogP contribution in [0.15, 0.2) is 23.8 Å². The molecule has 5 fully saturated rings. The molecule has 5 saturated carbocycles. The fourth-order valence-corrected chi connectivity index (χ4v) is 12.2. The van der Waals surface area contributed by atoms with Gasteiger partial charge in [0, 0.05) is 17.9 Å². The summed E-state index contributed by atoms with van der Waals surface area (Å²) in [6.07, 6.45) is 15.1. The molecule has 2 nitrogen and oxygen atoms in total. The summed E-state index contributed by atoms with van der Waals surface area (Å²) in [4.78, 5) is 11.9. The number of allylic oxidation sites excluding steroid dienone is 2. The number of hydrogen-bond acceptors (Lipinski definition) is 2. The molecule has 0 radical (unpaired) electrons. The van der Waals surface area contributed by atoms with Crippen LogP contribution in [0.4, 0.5) is 0 Å². The first-order valence-corrected chi connectivity index (χ1v) is 15.3. The Morgan fingerprint density at radius 2 is 1.58 bits per heavy atom. The van der Waals surface area contributed by atoms with Crippen molar-refractivity contribution in [2.75, 3.05) is 0 Å². The van der Waals surface area contributed by atoms with Gasteiger partial charge in [0.25, 0.3) is 0 Å². The van der Waals surface area contributed by atoms with Gasteiger partial charge in [-0.15, -0.1) is 0 Å². The third kappa shape index (κ3) is 3.44. The molecule has 0 aromatic carbocycles. The lowest BCUT2D eigenvalue weighted by Gasteiger charge is -2.73. The van der Waals surface area contributed by atoms with Crippen molar-refractivity contribution in [2.24, 2.45) is 56.7 Å². The molecular formula is C33H51ClO2. The van der Waals surface area contributed by atoms with Crippen LogP contribution < -0.4 is 0 Å². The fourth-order valence-electron chi connectivity index (χ4n) is 12.0. The molecule has 5 rings (SSSR count). The van der Waals surface area contributed by atoms with Gasteiger partial charge in [0.2, 0.25) is 0 Å². The van der Waals surface area contributed by atoms with Crippen LogP contribution in [0.25, 0.3) is 0 Å². The molecular weight excluding hydrogens is 464 g/mol. The standard InChI is InChI=1S/C33H51ClO2/c1-21(2)23-11-16-33(19-20-34)18-17-31(7)24(28(23)33)9-10-26-30(6)14-13-27(36-22(3)35)29(4,5)25(30)12-15-32(26,31)8/h19-20,23-28H,1,9-18H2,2-8H3/t23-,24?,25?,26?,27-,28?,30-,31+,32+,33?/m0/s1. The molecule has 5 unspecified atom stereocenters. The van der Waals surface area contributed by atoms with Crippen molar-refractivity contribution in [2.45, 2.75) is 119 Å². The maximum Gasteiger partial charge on any atom is 0.302 e. The first kappa shape index (κ1) is 26.8. The van der Waals surface area contributed by atoms with Crippen LogP contribution in [0, 0.1) is 56.7 Å². The van der Waals surface area contributed by atoms with E-state index < -0.39 is 0 Å². The van der Waals surface area contributed by atoms with Gasteiger partial charge < -0.3 is 4.74 Å². The van der Waals surface area contributed by atoms with Gasteiger partial charge in [-0.3, -0.25) is 4.79 Å². The highest BCUT2D eigenvalue weighted by atomic mass is 35.5. The molecule has 0 bridgehead atoms. The van der Waals surface area contributed by atoms with E-state index in [9.17, 15) is 4.79 Å². The van der Waals surface area contributed by atoms with E-state index >= 15 is 0 Å². The Labute approximate surface area is 226 Å². The Morgan fingerprint density at radius 3 is 2.22 bits per heavy atom. The lowest BCUT2D eigenvalue weighted by molar-refractivity contribution is -0.247. The molecule has 0 aromatic heterocycles. The zero-order valence-electron chi connectivity index (χ0n) is 24.1. The Hall–Kier alpha value is -0.760. The van der Waals surface area contributed by atoms with Crippen LogP contribution in [0.1, 0.15) is 113 Å². The number of carbonyl (C=O) groups is 1. The molecule has 202 valence electrons. The van der Waals surface area contributed by atoms with Crippen LogP contribution in [0.3, 0.4) is 0 Å². The summed E-state index contributed by atoms with van der Waals surface area (Å²) in [6.45, 7) is 21.2. The predicted octanol–water partition coefficient (Wildman–Crippen LogP) is 9.33. The van der Waals surface area contributed by atoms with Crippen molar-refractivity contribution in [1.82, 2.24) is 0 Å². The highest BCUT2D eigenvalue weighted by molar-refractivity contribution is 6.25. The first-order valence-electron chi connectivity index (χ1n) is 14.9.